The lowest BCUT2D eigenvalue weighted by Crippen LogP contribution is -2.11. The predicted octanol–water partition coefficient (Wildman–Crippen LogP) is 4.39. The van der Waals surface area contributed by atoms with Crippen molar-refractivity contribution in [2.24, 2.45) is 0 Å². The summed E-state index contributed by atoms with van der Waals surface area (Å²) in [5.74, 6) is -3.22. The molecule has 0 spiro atoms. The van der Waals surface area contributed by atoms with Crippen molar-refractivity contribution in [2.45, 2.75) is 13.5 Å². The van der Waals surface area contributed by atoms with Crippen LogP contribution in [-0.2, 0) is 11.3 Å². The van der Waals surface area contributed by atoms with Crippen LogP contribution in [0.1, 0.15) is 21.5 Å². The molecule has 0 bridgehead atoms. The van der Waals surface area contributed by atoms with Gasteiger partial charge in [0.15, 0.2) is 0 Å². The largest absolute Gasteiger partial charge is 0.457 e. The van der Waals surface area contributed by atoms with Crippen molar-refractivity contribution in [3.05, 3.63) is 80.2 Å². The molecule has 1 heterocycles. The fourth-order valence-electron chi connectivity index (χ4n) is 2.38. The molecule has 0 aliphatic carbocycles. The number of hydrogen-bond donors (Lipinski definition) is 0. The maximum Gasteiger partial charge on any atom is 0.344 e. The second kappa shape index (κ2) is 6.64. The van der Waals surface area contributed by atoms with Crippen LogP contribution < -0.4 is 5.63 Å². The second-order valence-corrected chi connectivity index (χ2v) is 5.77. The molecule has 128 valence electrons. The zero-order chi connectivity index (χ0) is 18.1. The van der Waals surface area contributed by atoms with Gasteiger partial charge in [0.2, 0.25) is 0 Å². The number of carbonyl (C=O) groups is 1. The van der Waals surface area contributed by atoms with E-state index in [4.69, 9.17) is 20.8 Å². The molecule has 0 saturated heterocycles. The van der Waals surface area contributed by atoms with E-state index in [1.165, 1.54) is 0 Å². The summed E-state index contributed by atoms with van der Waals surface area (Å²) in [7, 11) is 0. The van der Waals surface area contributed by atoms with Gasteiger partial charge in [0, 0.05) is 22.0 Å². The first kappa shape index (κ1) is 17.1. The van der Waals surface area contributed by atoms with E-state index in [1.807, 2.05) is 0 Å². The molecule has 3 aromatic rings. The highest BCUT2D eigenvalue weighted by atomic mass is 35.5. The Morgan fingerprint density at radius 1 is 1.20 bits per heavy atom. The molecule has 3 rings (SSSR count). The fraction of sp³-hybridized carbons (Fsp3) is 0.111. The van der Waals surface area contributed by atoms with Crippen LogP contribution in [0.2, 0.25) is 5.02 Å². The number of halogens is 3. The normalized spacial score (nSPS) is 10.9. The maximum atomic E-state index is 13.6. The predicted molar refractivity (Wildman–Crippen MR) is 87.7 cm³/mol. The molecule has 1 aromatic heterocycles. The van der Waals surface area contributed by atoms with Gasteiger partial charge in [0.1, 0.15) is 29.4 Å². The average molecular weight is 365 g/mol. The van der Waals surface area contributed by atoms with Crippen molar-refractivity contribution in [1.29, 1.82) is 0 Å². The Morgan fingerprint density at radius 3 is 2.56 bits per heavy atom. The number of aryl methyl sites for hydroxylation is 1. The maximum absolute atomic E-state index is 13.6. The van der Waals surface area contributed by atoms with E-state index in [1.54, 1.807) is 19.1 Å². The first-order valence-corrected chi connectivity index (χ1v) is 7.58. The van der Waals surface area contributed by atoms with Gasteiger partial charge in [0.25, 0.3) is 0 Å². The number of esters is 1. The Labute approximate surface area is 145 Å². The number of fused-ring (bicyclic) bond motifs is 1. The minimum Gasteiger partial charge on any atom is -0.457 e. The third-order valence-corrected chi connectivity index (χ3v) is 4.04. The zero-order valence-corrected chi connectivity index (χ0v) is 13.7. The number of benzene rings is 2. The number of carbonyl (C=O) groups excluding carboxylic acids is 1. The molecule has 0 aliphatic rings. The fourth-order valence-corrected chi connectivity index (χ4v) is 2.54. The highest BCUT2D eigenvalue weighted by molar-refractivity contribution is 6.32. The summed E-state index contributed by atoms with van der Waals surface area (Å²) in [5, 5.41) is 0.908. The van der Waals surface area contributed by atoms with Crippen LogP contribution in [0.25, 0.3) is 11.0 Å². The van der Waals surface area contributed by atoms with Gasteiger partial charge in [-0.25, -0.2) is 18.4 Å². The molecule has 25 heavy (non-hydrogen) atoms. The standard InChI is InChI=1S/C18H11ClF2O4/c1-9-5-15-11(7-12(9)19)10(6-16(22)25-15)8-24-18(23)17-13(20)3-2-4-14(17)21/h2-7H,8H2,1H3. The van der Waals surface area contributed by atoms with E-state index in [2.05, 4.69) is 0 Å². The van der Waals surface area contributed by atoms with Gasteiger partial charge in [-0.2, -0.15) is 0 Å². The van der Waals surface area contributed by atoms with E-state index >= 15 is 0 Å². The third kappa shape index (κ3) is 3.39. The number of hydrogen-bond acceptors (Lipinski definition) is 4. The first-order valence-electron chi connectivity index (χ1n) is 7.21. The van der Waals surface area contributed by atoms with E-state index < -0.39 is 28.8 Å². The summed E-state index contributed by atoms with van der Waals surface area (Å²) < 4.78 is 37.3. The summed E-state index contributed by atoms with van der Waals surface area (Å²) in [5.41, 5.74) is -0.128. The summed E-state index contributed by atoms with van der Waals surface area (Å²) in [6.07, 6.45) is 0. The van der Waals surface area contributed by atoms with Gasteiger partial charge in [0.05, 0.1) is 0 Å². The first-order chi connectivity index (χ1) is 11.9. The molecule has 0 aliphatic heterocycles. The zero-order valence-electron chi connectivity index (χ0n) is 12.9. The van der Waals surface area contributed by atoms with Crippen LogP contribution in [-0.4, -0.2) is 5.97 Å². The Balaban J connectivity index is 1.95. The van der Waals surface area contributed by atoms with Crippen LogP contribution in [0, 0.1) is 18.6 Å². The Morgan fingerprint density at radius 2 is 1.88 bits per heavy atom. The molecule has 0 unspecified atom stereocenters. The lowest BCUT2D eigenvalue weighted by molar-refractivity contribution is 0.0462. The molecule has 0 fully saturated rings. The molecule has 4 nitrogen and oxygen atoms in total. The molecule has 0 saturated carbocycles. The summed E-state index contributed by atoms with van der Waals surface area (Å²) in [4.78, 5) is 23.6. The van der Waals surface area contributed by atoms with Gasteiger partial charge in [-0.15, -0.1) is 0 Å². The lowest BCUT2D eigenvalue weighted by atomic mass is 10.1. The third-order valence-electron chi connectivity index (χ3n) is 3.64. The number of rotatable bonds is 3. The Hall–Kier alpha value is -2.73. The van der Waals surface area contributed by atoms with Gasteiger partial charge >= 0.3 is 11.6 Å². The van der Waals surface area contributed by atoms with E-state index in [9.17, 15) is 18.4 Å². The SMILES string of the molecule is Cc1cc2oc(=O)cc(COC(=O)c3c(F)cccc3F)c2cc1Cl. The molecule has 0 radical (unpaired) electrons. The van der Waals surface area contributed by atoms with Gasteiger partial charge in [-0.3, -0.25) is 0 Å². The minimum absolute atomic E-state index is 0.275. The van der Waals surface area contributed by atoms with Gasteiger partial charge in [-0.1, -0.05) is 17.7 Å². The topological polar surface area (TPSA) is 56.5 Å². The van der Waals surface area contributed by atoms with E-state index in [0.717, 1.165) is 24.3 Å². The van der Waals surface area contributed by atoms with Crippen LogP contribution >= 0.6 is 11.6 Å². The van der Waals surface area contributed by atoms with Gasteiger partial charge < -0.3 is 9.15 Å². The molecule has 0 atom stereocenters. The second-order valence-electron chi connectivity index (χ2n) is 5.36. The molecule has 0 amide bonds. The summed E-state index contributed by atoms with van der Waals surface area (Å²) >= 11 is 6.07. The van der Waals surface area contributed by atoms with Crippen LogP contribution in [0.5, 0.6) is 0 Å². The van der Waals surface area contributed by atoms with Crippen molar-refractivity contribution in [1.82, 2.24) is 0 Å². The summed E-state index contributed by atoms with van der Waals surface area (Å²) in [6.45, 7) is 1.38. The molecular weight excluding hydrogens is 354 g/mol. The minimum atomic E-state index is -1.17. The molecule has 0 N–H and O–H groups in total. The van der Waals surface area contributed by atoms with Crippen molar-refractivity contribution in [2.75, 3.05) is 0 Å². The van der Waals surface area contributed by atoms with Crippen LogP contribution in [0.4, 0.5) is 8.78 Å². The lowest BCUT2D eigenvalue weighted by Gasteiger charge is -2.09. The molecule has 7 heteroatoms. The molecular formula is C18H11ClF2O4. The summed E-state index contributed by atoms with van der Waals surface area (Å²) in [6, 6.07) is 7.34. The van der Waals surface area contributed by atoms with Crippen molar-refractivity contribution >= 4 is 28.5 Å². The van der Waals surface area contributed by atoms with Crippen molar-refractivity contribution in [3.8, 4) is 0 Å². The van der Waals surface area contributed by atoms with Gasteiger partial charge in [-0.05, 0) is 36.8 Å². The van der Waals surface area contributed by atoms with Crippen LogP contribution in [0.3, 0.4) is 0 Å². The Bertz CT molecular complexity index is 1020. The monoisotopic (exact) mass is 364 g/mol. The average Bonchev–Trinajstić information content (AvgIpc) is 2.54. The quantitative estimate of drug-likeness (QED) is 0.511. The Kier molecular flexibility index (Phi) is 4.55. The van der Waals surface area contributed by atoms with Crippen molar-refractivity contribution in [3.63, 3.8) is 0 Å². The van der Waals surface area contributed by atoms with E-state index in [-0.39, 0.29) is 12.2 Å². The smallest absolute Gasteiger partial charge is 0.344 e. The molecule has 2 aromatic carbocycles. The number of ether oxygens (including phenoxy) is 1. The van der Waals surface area contributed by atoms with Crippen molar-refractivity contribution < 1.29 is 22.7 Å². The highest BCUT2D eigenvalue weighted by Gasteiger charge is 2.19. The highest BCUT2D eigenvalue weighted by Crippen LogP contribution is 2.26. The van der Waals surface area contributed by atoms with E-state index in [0.29, 0.717) is 21.5 Å². The van der Waals surface area contributed by atoms with Crippen LogP contribution in [0.15, 0.2) is 45.6 Å².